The maximum Gasteiger partial charge on any atom is 0.228 e. The van der Waals surface area contributed by atoms with Crippen molar-refractivity contribution in [1.29, 1.82) is 5.26 Å². The van der Waals surface area contributed by atoms with Crippen LogP contribution in [0.4, 0.5) is 11.4 Å². The molecule has 1 unspecified atom stereocenters. The Bertz CT molecular complexity index is 1060. The first kappa shape index (κ1) is 22.5. The van der Waals surface area contributed by atoms with Gasteiger partial charge >= 0.3 is 0 Å². The summed E-state index contributed by atoms with van der Waals surface area (Å²) < 4.78 is 10.6. The summed E-state index contributed by atoms with van der Waals surface area (Å²) in [5.41, 5.74) is 2.39. The molecule has 33 heavy (non-hydrogen) atoms. The molecule has 2 aromatic carbocycles. The van der Waals surface area contributed by atoms with Gasteiger partial charge in [0.05, 0.1) is 31.8 Å². The van der Waals surface area contributed by atoms with Crippen LogP contribution >= 0.6 is 0 Å². The molecule has 0 spiro atoms. The molecule has 2 saturated heterocycles. The molecule has 2 aliphatic rings. The van der Waals surface area contributed by atoms with E-state index in [0.29, 0.717) is 42.4 Å². The van der Waals surface area contributed by atoms with Gasteiger partial charge in [-0.05, 0) is 42.8 Å². The van der Waals surface area contributed by atoms with E-state index in [0.717, 1.165) is 25.2 Å². The van der Waals surface area contributed by atoms with Crippen molar-refractivity contribution < 1.29 is 19.1 Å². The number of nitriles is 1. The van der Waals surface area contributed by atoms with Crippen LogP contribution in [0.1, 0.15) is 18.4 Å². The fourth-order valence-corrected chi connectivity index (χ4v) is 4.52. The first-order valence-corrected chi connectivity index (χ1v) is 11.1. The van der Waals surface area contributed by atoms with E-state index in [9.17, 15) is 9.59 Å². The number of ether oxygens (including phenoxy) is 2. The van der Waals surface area contributed by atoms with Crippen molar-refractivity contribution in [3.63, 3.8) is 0 Å². The van der Waals surface area contributed by atoms with Crippen LogP contribution in [-0.2, 0) is 9.59 Å². The van der Waals surface area contributed by atoms with Crippen molar-refractivity contribution in [3.8, 4) is 17.6 Å². The highest BCUT2D eigenvalue weighted by molar-refractivity contribution is 6.00. The van der Waals surface area contributed by atoms with Gasteiger partial charge in [0, 0.05) is 56.6 Å². The molecule has 172 valence electrons. The minimum absolute atomic E-state index is 0.0352. The summed E-state index contributed by atoms with van der Waals surface area (Å²) in [6, 6.07) is 15.0. The molecule has 0 saturated carbocycles. The Hall–Kier alpha value is -3.73. The van der Waals surface area contributed by atoms with Crippen LogP contribution in [0.2, 0.25) is 0 Å². The predicted molar refractivity (Wildman–Crippen MR) is 125 cm³/mol. The highest BCUT2D eigenvalue weighted by atomic mass is 16.5. The number of hydrogen-bond donors (Lipinski definition) is 0. The van der Waals surface area contributed by atoms with E-state index in [1.54, 1.807) is 31.3 Å². The molecule has 1 atom stereocenters. The molecular weight excluding hydrogens is 420 g/mol. The Morgan fingerprint density at radius 2 is 1.70 bits per heavy atom. The number of methoxy groups -OCH3 is 2. The topological polar surface area (TPSA) is 86.1 Å². The lowest BCUT2D eigenvalue weighted by molar-refractivity contribution is -0.135. The molecule has 8 nitrogen and oxygen atoms in total. The molecule has 0 N–H and O–H groups in total. The Morgan fingerprint density at radius 1 is 0.970 bits per heavy atom. The monoisotopic (exact) mass is 448 g/mol. The number of benzene rings is 2. The van der Waals surface area contributed by atoms with Crippen LogP contribution < -0.4 is 19.3 Å². The van der Waals surface area contributed by atoms with Gasteiger partial charge in [0.1, 0.15) is 0 Å². The second-order valence-corrected chi connectivity index (χ2v) is 8.27. The maximum absolute atomic E-state index is 13.3. The molecule has 2 heterocycles. The van der Waals surface area contributed by atoms with Crippen LogP contribution in [-0.4, -0.2) is 63.7 Å². The summed E-state index contributed by atoms with van der Waals surface area (Å²) in [5, 5.41) is 9.00. The molecule has 0 radical (unpaired) electrons. The number of carbonyl (C=O) groups excluding carboxylic acids is 2. The maximum atomic E-state index is 13.3. The van der Waals surface area contributed by atoms with Crippen LogP contribution in [0, 0.1) is 17.2 Å². The van der Waals surface area contributed by atoms with E-state index >= 15 is 0 Å². The summed E-state index contributed by atoms with van der Waals surface area (Å²) >= 11 is 0. The number of hydrogen-bond acceptors (Lipinski definition) is 6. The summed E-state index contributed by atoms with van der Waals surface area (Å²) in [7, 11) is 3.12. The number of carbonyl (C=O) groups is 2. The van der Waals surface area contributed by atoms with E-state index in [2.05, 4.69) is 11.0 Å². The van der Waals surface area contributed by atoms with Crippen LogP contribution in [0.25, 0.3) is 0 Å². The minimum Gasteiger partial charge on any atom is -0.493 e. The third-order valence-electron chi connectivity index (χ3n) is 6.32. The van der Waals surface area contributed by atoms with Gasteiger partial charge < -0.3 is 24.2 Å². The summed E-state index contributed by atoms with van der Waals surface area (Å²) in [6.45, 7) is 3.21. The number of rotatable bonds is 5. The lowest BCUT2D eigenvalue weighted by Crippen LogP contribution is -2.40. The lowest BCUT2D eigenvalue weighted by atomic mass is 10.1. The average molecular weight is 449 g/mol. The van der Waals surface area contributed by atoms with Gasteiger partial charge in [-0.25, -0.2) is 0 Å². The highest BCUT2D eigenvalue weighted by Crippen LogP contribution is 2.34. The Balaban J connectivity index is 1.40. The van der Waals surface area contributed by atoms with Crippen LogP contribution in [0.3, 0.4) is 0 Å². The van der Waals surface area contributed by atoms with Crippen LogP contribution in [0.15, 0.2) is 42.5 Å². The van der Waals surface area contributed by atoms with E-state index in [1.807, 2.05) is 35.2 Å². The minimum atomic E-state index is -0.355. The number of amides is 2. The second-order valence-electron chi connectivity index (χ2n) is 8.27. The van der Waals surface area contributed by atoms with Crippen molar-refractivity contribution >= 4 is 23.2 Å². The fourth-order valence-electron chi connectivity index (χ4n) is 4.52. The van der Waals surface area contributed by atoms with Gasteiger partial charge in [-0.1, -0.05) is 0 Å². The van der Waals surface area contributed by atoms with Gasteiger partial charge in [-0.2, -0.15) is 5.26 Å². The highest BCUT2D eigenvalue weighted by Gasteiger charge is 2.37. The molecule has 2 amide bonds. The molecule has 8 heteroatoms. The summed E-state index contributed by atoms with van der Waals surface area (Å²) in [6.07, 6.45) is 1.06. The van der Waals surface area contributed by atoms with Gasteiger partial charge in [0.15, 0.2) is 11.5 Å². The third kappa shape index (κ3) is 4.72. The first-order chi connectivity index (χ1) is 16.0. The van der Waals surface area contributed by atoms with E-state index in [4.69, 9.17) is 14.7 Å². The number of nitrogens with zero attached hydrogens (tertiary/aromatic N) is 4. The lowest BCUT2D eigenvalue weighted by Gasteiger charge is -2.25. The Kier molecular flexibility index (Phi) is 6.68. The largest absolute Gasteiger partial charge is 0.493 e. The zero-order valence-electron chi connectivity index (χ0n) is 19.0. The molecule has 2 aliphatic heterocycles. The average Bonchev–Trinajstić information content (AvgIpc) is 3.08. The van der Waals surface area contributed by atoms with Gasteiger partial charge in [-0.15, -0.1) is 0 Å². The summed E-state index contributed by atoms with van der Waals surface area (Å²) in [5.74, 6) is 0.763. The SMILES string of the molecule is COc1ccc(N2CC(C(=O)N3CCCN(c4ccc(C#N)cc4)CC3)CC2=O)cc1OC. The molecule has 0 bridgehead atoms. The smallest absolute Gasteiger partial charge is 0.228 e. The van der Waals surface area contributed by atoms with Crippen molar-refractivity contribution in [2.75, 3.05) is 56.7 Å². The molecular formula is C25H28N4O4. The quantitative estimate of drug-likeness (QED) is 0.699. The fraction of sp³-hybridized carbons (Fsp3) is 0.400. The molecule has 2 fully saturated rings. The van der Waals surface area contributed by atoms with Crippen molar-refractivity contribution in [2.24, 2.45) is 5.92 Å². The zero-order valence-corrected chi connectivity index (χ0v) is 19.0. The first-order valence-electron chi connectivity index (χ1n) is 11.1. The van der Waals surface area contributed by atoms with Crippen LogP contribution in [0.5, 0.6) is 11.5 Å². The predicted octanol–water partition coefficient (Wildman–Crippen LogP) is 2.67. The molecule has 0 aromatic heterocycles. The van der Waals surface area contributed by atoms with Gasteiger partial charge in [0.25, 0.3) is 0 Å². The van der Waals surface area contributed by atoms with Crippen molar-refractivity contribution in [3.05, 3.63) is 48.0 Å². The molecule has 0 aliphatic carbocycles. The third-order valence-corrected chi connectivity index (χ3v) is 6.32. The normalized spacial score (nSPS) is 18.6. The standard InChI is InChI=1S/C25H28N4O4/c1-32-22-9-8-21(15-23(22)33-2)29-17-19(14-24(29)30)25(31)28-11-3-10-27(12-13-28)20-6-4-18(16-26)5-7-20/h4-9,15,19H,3,10-14,17H2,1-2H3. The molecule has 4 rings (SSSR count). The van der Waals surface area contributed by atoms with E-state index in [1.165, 1.54) is 0 Å². The van der Waals surface area contributed by atoms with Gasteiger partial charge in [-0.3, -0.25) is 9.59 Å². The summed E-state index contributed by atoms with van der Waals surface area (Å²) in [4.78, 5) is 31.8. The Morgan fingerprint density at radius 3 is 2.39 bits per heavy atom. The Labute approximate surface area is 193 Å². The van der Waals surface area contributed by atoms with Gasteiger partial charge in [0.2, 0.25) is 11.8 Å². The van der Waals surface area contributed by atoms with Crippen molar-refractivity contribution in [2.45, 2.75) is 12.8 Å². The zero-order chi connectivity index (χ0) is 23.4. The van der Waals surface area contributed by atoms with Crippen molar-refractivity contribution in [1.82, 2.24) is 4.90 Å². The second kappa shape index (κ2) is 9.82. The van der Waals surface area contributed by atoms with E-state index in [-0.39, 0.29) is 24.2 Å². The van der Waals surface area contributed by atoms with E-state index < -0.39 is 0 Å². The number of anilines is 2. The molecule has 2 aromatic rings.